The Balaban J connectivity index is 1.78. The molecule has 0 saturated heterocycles. The second kappa shape index (κ2) is 8.06. The topological polar surface area (TPSA) is 59.4 Å². The van der Waals surface area contributed by atoms with Crippen LogP contribution in [0.1, 0.15) is 23.2 Å². The zero-order valence-electron chi connectivity index (χ0n) is 14.5. The average molecular weight is 410 g/mol. The number of pyridine rings is 1. The van der Waals surface area contributed by atoms with E-state index in [2.05, 4.69) is 4.98 Å². The highest BCUT2D eigenvalue weighted by Gasteiger charge is 2.33. The first-order valence-corrected chi connectivity index (χ1v) is 8.71. The number of alkyl halides is 3. The molecule has 2 aromatic carbocycles. The van der Waals surface area contributed by atoms with Gasteiger partial charge in [0.25, 0.3) is 0 Å². The number of carbonyl (C=O) groups is 1. The van der Waals surface area contributed by atoms with Gasteiger partial charge in [0.05, 0.1) is 10.5 Å². The molecule has 0 aliphatic carbocycles. The van der Waals surface area contributed by atoms with Crippen molar-refractivity contribution >= 4 is 28.5 Å². The van der Waals surface area contributed by atoms with Gasteiger partial charge < -0.3 is 9.84 Å². The molecule has 8 heteroatoms. The van der Waals surface area contributed by atoms with E-state index in [9.17, 15) is 18.0 Å². The Morgan fingerprint density at radius 1 is 1.14 bits per heavy atom. The van der Waals surface area contributed by atoms with Gasteiger partial charge in [0.1, 0.15) is 18.1 Å². The predicted octanol–water partition coefficient (Wildman–Crippen LogP) is 5.50. The van der Waals surface area contributed by atoms with Gasteiger partial charge in [-0.15, -0.1) is 0 Å². The second-order valence-corrected chi connectivity index (χ2v) is 6.53. The molecule has 3 aromatic rings. The third-order valence-corrected chi connectivity index (χ3v) is 4.41. The summed E-state index contributed by atoms with van der Waals surface area (Å²) in [5.41, 5.74) is 0.579. The number of aliphatic carboxylic acids is 1. The molecule has 0 unspecified atom stereocenters. The Morgan fingerprint density at radius 2 is 1.86 bits per heavy atom. The zero-order chi connectivity index (χ0) is 20.3. The Bertz CT molecular complexity index is 1000. The van der Waals surface area contributed by atoms with Crippen molar-refractivity contribution in [2.75, 3.05) is 0 Å². The summed E-state index contributed by atoms with van der Waals surface area (Å²) in [6, 6.07) is 12.6. The van der Waals surface area contributed by atoms with Crippen LogP contribution < -0.4 is 4.74 Å². The van der Waals surface area contributed by atoms with E-state index < -0.39 is 17.8 Å². The maximum Gasteiger partial charge on any atom is 0.433 e. The smallest absolute Gasteiger partial charge is 0.433 e. The van der Waals surface area contributed by atoms with Crippen LogP contribution in [0.4, 0.5) is 13.2 Å². The molecule has 0 spiro atoms. The van der Waals surface area contributed by atoms with Gasteiger partial charge in [-0.25, -0.2) is 4.98 Å². The summed E-state index contributed by atoms with van der Waals surface area (Å²) in [7, 11) is 0. The summed E-state index contributed by atoms with van der Waals surface area (Å²) in [6.45, 7) is 0.0958. The van der Waals surface area contributed by atoms with Crippen LogP contribution in [0, 0.1) is 0 Å². The van der Waals surface area contributed by atoms with E-state index in [1.807, 2.05) is 0 Å². The van der Waals surface area contributed by atoms with Crippen LogP contribution in [0.15, 0.2) is 48.5 Å². The summed E-state index contributed by atoms with van der Waals surface area (Å²) in [5, 5.41) is 9.08. The minimum atomic E-state index is -4.58. The fraction of sp³-hybridized carbons (Fsp3) is 0.200. The molecule has 0 aliphatic heterocycles. The van der Waals surface area contributed by atoms with Crippen LogP contribution in [-0.4, -0.2) is 16.1 Å². The van der Waals surface area contributed by atoms with E-state index in [0.29, 0.717) is 23.1 Å². The molecule has 1 N–H and O–H groups in total. The number of hydrogen-bond acceptors (Lipinski definition) is 3. The maximum absolute atomic E-state index is 12.9. The Labute approximate surface area is 163 Å². The zero-order valence-corrected chi connectivity index (χ0v) is 15.2. The SMILES string of the molecule is O=C(O)CCc1ccc(OCc2cccc3nc(C(F)(F)F)cc(Cl)c23)cc1. The van der Waals surface area contributed by atoms with Gasteiger partial charge >= 0.3 is 12.1 Å². The second-order valence-electron chi connectivity index (χ2n) is 6.12. The maximum atomic E-state index is 12.9. The van der Waals surface area contributed by atoms with Crippen LogP contribution in [0.3, 0.4) is 0 Å². The lowest BCUT2D eigenvalue weighted by atomic mass is 10.1. The number of aromatic nitrogens is 1. The monoisotopic (exact) mass is 409 g/mol. The van der Waals surface area contributed by atoms with Crippen molar-refractivity contribution in [1.29, 1.82) is 0 Å². The van der Waals surface area contributed by atoms with Crippen molar-refractivity contribution in [3.8, 4) is 5.75 Å². The molecule has 0 radical (unpaired) electrons. The molecule has 3 rings (SSSR count). The lowest BCUT2D eigenvalue weighted by Crippen LogP contribution is -2.08. The minimum absolute atomic E-state index is 0.0412. The van der Waals surface area contributed by atoms with Crippen molar-refractivity contribution in [3.63, 3.8) is 0 Å². The van der Waals surface area contributed by atoms with E-state index in [1.54, 1.807) is 36.4 Å². The highest BCUT2D eigenvalue weighted by Crippen LogP contribution is 2.34. The van der Waals surface area contributed by atoms with Gasteiger partial charge in [-0.2, -0.15) is 13.2 Å². The summed E-state index contributed by atoms with van der Waals surface area (Å²) in [5.74, 6) is -0.317. The molecule has 4 nitrogen and oxygen atoms in total. The van der Waals surface area contributed by atoms with Crippen molar-refractivity contribution in [2.45, 2.75) is 25.6 Å². The number of fused-ring (bicyclic) bond motifs is 1. The summed E-state index contributed by atoms with van der Waals surface area (Å²) in [4.78, 5) is 14.3. The van der Waals surface area contributed by atoms with Gasteiger partial charge in [0.2, 0.25) is 0 Å². The third-order valence-electron chi connectivity index (χ3n) is 4.11. The van der Waals surface area contributed by atoms with Crippen LogP contribution in [0.5, 0.6) is 5.75 Å². The van der Waals surface area contributed by atoms with E-state index in [4.69, 9.17) is 21.4 Å². The average Bonchev–Trinajstić information content (AvgIpc) is 2.64. The number of ether oxygens (including phenoxy) is 1. The quantitative estimate of drug-likeness (QED) is 0.583. The van der Waals surface area contributed by atoms with Crippen molar-refractivity contribution in [2.24, 2.45) is 0 Å². The molecule has 0 saturated carbocycles. The molecule has 0 fully saturated rings. The number of carboxylic acid groups (broad SMARTS) is 1. The van der Waals surface area contributed by atoms with Crippen molar-refractivity contribution in [3.05, 3.63) is 70.4 Å². The van der Waals surface area contributed by atoms with Crippen molar-refractivity contribution in [1.82, 2.24) is 4.98 Å². The van der Waals surface area contributed by atoms with Gasteiger partial charge in [-0.1, -0.05) is 35.9 Å². The lowest BCUT2D eigenvalue weighted by molar-refractivity contribution is -0.141. The Hall–Kier alpha value is -2.80. The number of carboxylic acids is 1. The summed E-state index contributed by atoms with van der Waals surface area (Å²) in [6.07, 6.45) is -4.11. The molecule has 0 amide bonds. The van der Waals surface area contributed by atoms with Crippen LogP contribution >= 0.6 is 11.6 Å². The lowest BCUT2D eigenvalue weighted by Gasteiger charge is -2.13. The van der Waals surface area contributed by atoms with E-state index >= 15 is 0 Å². The highest BCUT2D eigenvalue weighted by atomic mass is 35.5. The van der Waals surface area contributed by atoms with Crippen LogP contribution in [0.25, 0.3) is 10.9 Å². The van der Waals surface area contributed by atoms with E-state index in [0.717, 1.165) is 11.6 Å². The number of aryl methyl sites for hydroxylation is 1. The first kappa shape index (κ1) is 19.9. The van der Waals surface area contributed by atoms with E-state index in [-0.39, 0.29) is 23.6 Å². The molecule has 146 valence electrons. The Morgan fingerprint density at radius 3 is 2.50 bits per heavy atom. The summed E-state index contributed by atoms with van der Waals surface area (Å²) < 4.78 is 44.5. The van der Waals surface area contributed by atoms with Crippen LogP contribution in [0.2, 0.25) is 5.02 Å². The van der Waals surface area contributed by atoms with Gasteiger partial charge in [-0.3, -0.25) is 4.79 Å². The Kier molecular flexibility index (Phi) is 5.74. The first-order valence-electron chi connectivity index (χ1n) is 8.33. The number of benzene rings is 2. The van der Waals surface area contributed by atoms with Gasteiger partial charge in [-0.05, 0) is 36.2 Å². The number of hydrogen-bond donors (Lipinski definition) is 1. The fourth-order valence-corrected chi connectivity index (χ4v) is 3.06. The molecule has 0 atom stereocenters. The largest absolute Gasteiger partial charge is 0.489 e. The fourth-order valence-electron chi connectivity index (χ4n) is 2.74. The standard InChI is InChI=1S/C20H15ClF3NO3/c21-15-10-17(20(22,23)24)25-16-3-1-2-13(19(15)16)11-28-14-7-4-12(5-8-14)6-9-18(26)27/h1-5,7-8,10H,6,9,11H2,(H,26,27). The van der Waals surface area contributed by atoms with E-state index in [1.165, 1.54) is 6.07 Å². The third kappa shape index (κ3) is 4.72. The number of nitrogens with zero attached hydrogens (tertiary/aromatic N) is 1. The molecule has 0 bridgehead atoms. The minimum Gasteiger partial charge on any atom is -0.489 e. The summed E-state index contributed by atoms with van der Waals surface area (Å²) >= 11 is 6.09. The van der Waals surface area contributed by atoms with Crippen molar-refractivity contribution < 1.29 is 27.8 Å². The number of rotatable bonds is 6. The molecule has 0 aliphatic rings. The predicted molar refractivity (Wildman–Crippen MR) is 98.5 cm³/mol. The molecule has 1 aromatic heterocycles. The molecule has 28 heavy (non-hydrogen) atoms. The van der Waals surface area contributed by atoms with Gasteiger partial charge in [0, 0.05) is 17.4 Å². The molecule has 1 heterocycles. The molecular weight excluding hydrogens is 395 g/mol. The normalized spacial score (nSPS) is 11.6. The highest BCUT2D eigenvalue weighted by molar-refractivity contribution is 6.35. The first-order chi connectivity index (χ1) is 13.2. The molecular formula is C20H15ClF3NO3. The number of halogens is 4. The van der Waals surface area contributed by atoms with Crippen LogP contribution in [-0.2, 0) is 24.0 Å². The van der Waals surface area contributed by atoms with Gasteiger partial charge in [0.15, 0.2) is 0 Å².